The Kier molecular flexibility index (Phi) is 8.66. The predicted molar refractivity (Wildman–Crippen MR) is 90.6 cm³/mol. The second kappa shape index (κ2) is 8.82. The van der Waals surface area contributed by atoms with Crippen molar-refractivity contribution in [2.75, 3.05) is 12.8 Å². The lowest BCUT2D eigenvalue weighted by molar-refractivity contribution is -0.124. The van der Waals surface area contributed by atoms with Gasteiger partial charge < -0.3 is 10.5 Å². The van der Waals surface area contributed by atoms with E-state index in [2.05, 4.69) is 31.2 Å². The van der Waals surface area contributed by atoms with Gasteiger partial charge in [0.2, 0.25) is 5.91 Å². The molecule has 2 N–H and O–H groups in total. The number of rotatable bonds is 6. The Bertz CT molecular complexity index is 339. The zero-order valence-corrected chi connectivity index (χ0v) is 15.2. The second-order valence-corrected chi connectivity index (χ2v) is 9.30. The number of oxime groups is 1. The van der Waals surface area contributed by atoms with Crippen molar-refractivity contribution >= 4 is 34.5 Å². The molecular formula is C14H28N2O2S2. The summed E-state index contributed by atoms with van der Waals surface area (Å²) >= 11 is 3.28. The van der Waals surface area contributed by atoms with Crippen LogP contribution in [-0.4, -0.2) is 33.5 Å². The molecule has 0 bridgehead atoms. The van der Waals surface area contributed by atoms with Crippen LogP contribution in [0.3, 0.4) is 0 Å². The van der Waals surface area contributed by atoms with Gasteiger partial charge in [-0.15, -0.1) is 11.8 Å². The Morgan fingerprint density at radius 2 is 1.85 bits per heavy atom. The zero-order valence-electron chi connectivity index (χ0n) is 13.6. The molecule has 0 aromatic carbocycles. The smallest absolute Gasteiger partial charge is 0.230 e. The van der Waals surface area contributed by atoms with E-state index in [1.807, 2.05) is 32.5 Å². The standard InChI is InChI=1S/C14H28N2O2S2/c1-9(2)8-19-10(3)20-13(16-18)11(12(17)15-7)14(4,5)6/h9-11,18H,8H2,1-7H3,(H,15,17). The molecule has 6 heteroatoms. The number of amides is 1. The van der Waals surface area contributed by atoms with Crippen molar-refractivity contribution in [2.45, 2.75) is 46.1 Å². The lowest BCUT2D eigenvalue weighted by Crippen LogP contribution is -2.40. The molecule has 2 atom stereocenters. The molecule has 0 radical (unpaired) electrons. The molecule has 2 unspecified atom stereocenters. The van der Waals surface area contributed by atoms with Crippen LogP contribution in [-0.2, 0) is 4.79 Å². The molecule has 1 amide bonds. The van der Waals surface area contributed by atoms with E-state index < -0.39 is 5.92 Å². The van der Waals surface area contributed by atoms with Gasteiger partial charge in [-0.05, 0) is 24.0 Å². The molecule has 0 aliphatic carbocycles. The Morgan fingerprint density at radius 1 is 1.30 bits per heavy atom. The Hall–Kier alpha value is -0.360. The summed E-state index contributed by atoms with van der Waals surface area (Å²) in [5.74, 6) is 1.12. The molecule has 0 aliphatic rings. The summed E-state index contributed by atoms with van der Waals surface area (Å²) in [5, 5.41) is 15.9. The van der Waals surface area contributed by atoms with Gasteiger partial charge in [0.05, 0.1) is 10.5 Å². The van der Waals surface area contributed by atoms with Crippen LogP contribution < -0.4 is 5.32 Å². The molecule has 0 spiro atoms. The molecule has 0 aromatic heterocycles. The SMILES string of the molecule is CNC(=O)C(C(=NO)SC(C)SCC(C)C)C(C)(C)C. The van der Waals surface area contributed by atoms with E-state index in [4.69, 9.17) is 0 Å². The first-order chi connectivity index (χ1) is 9.13. The summed E-state index contributed by atoms with van der Waals surface area (Å²) in [5.41, 5.74) is -0.295. The van der Waals surface area contributed by atoms with E-state index >= 15 is 0 Å². The molecule has 0 aromatic rings. The van der Waals surface area contributed by atoms with E-state index in [0.29, 0.717) is 11.0 Å². The Morgan fingerprint density at radius 3 is 2.20 bits per heavy atom. The lowest BCUT2D eigenvalue weighted by atomic mass is 9.80. The first kappa shape index (κ1) is 19.6. The van der Waals surface area contributed by atoms with Gasteiger partial charge in [0.1, 0.15) is 5.04 Å². The molecule has 4 nitrogen and oxygen atoms in total. The molecule has 0 heterocycles. The highest BCUT2D eigenvalue weighted by molar-refractivity contribution is 8.25. The van der Waals surface area contributed by atoms with Crippen molar-refractivity contribution in [1.29, 1.82) is 0 Å². The third-order valence-electron chi connectivity index (χ3n) is 2.67. The molecule has 0 fully saturated rings. The first-order valence-corrected chi connectivity index (χ1v) is 8.78. The topological polar surface area (TPSA) is 61.7 Å². The van der Waals surface area contributed by atoms with Crippen LogP contribution in [0.25, 0.3) is 0 Å². The number of hydrogen-bond donors (Lipinski definition) is 2. The number of carbonyl (C=O) groups excluding carboxylic acids is 1. The Balaban J connectivity index is 4.90. The van der Waals surface area contributed by atoms with Crippen LogP contribution in [0.15, 0.2) is 5.16 Å². The monoisotopic (exact) mass is 320 g/mol. The van der Waals surface area contributed by atoms with Gasteiger partial charge >= 0.3 is 0 Å². The maximum Gasteiger partial charge on any atom is 0.230 e. The average Bonchev–Trinajstić information content (AvgIpc) is 2.33. The molecule has 20 heavy (non-hydrogen) atoms. The van der Waals surface area contributed by atoms with Crippen LogP contribution >= 0.6 is 23.5 Å². The summed E-state index contributed by atoms with van der Waals surface area (Å²) < 4.78 is 0.248. The summed E-state index contributed by atoms with van der Waals surface area (Å²) in [6.07, 6.45) is 0. The minimum absolute atomic E-state index is 0.112. The minimum atomic E-state index is -0.440. The van der Waals surface area contributed by atoms with Crippen LogP contribution in [0.5, 0.6) is 0 Å². The van der Waals surface area contributed by atoms with Crippen LogP contribution in [0.2, 0.25) is 0 Å². The number of carbonyl (C=O) groups is 1. The normalized spacial score (nSPS) is 16.1. The number of nitrogens with zero attached hydrogens (tertiary/aromatic N) is 1. The van der Waals surface area contributed by atoms with Gasteiger partial charge in [-0.3, -0.25) is 4.79 Å². The van der Waals surface area contributed by atoms with Crippen molar-refractivity contribution in [3.63, 3.8) is 0 Å². The van der Waals surface area contributed by atoms with Crippen molar-refractivity contribution in [2.24, 2.45) is 22.4 Å². The lowest BCUT2D eigenvalue weighted by Gasteiger charge is -2.30. The van der Waals surface area contributed by atoms with Crippen molar-refractivity contribution in [3.8, 4) is 0 Å². The average molecular weight is 321 g/mol. The summed E-state index contributed by atoms with van der Waals surface area (Å²) in [6.45, 7) is 12.4. The minimum Gasteiger partial charge on any atom is -0.410 e. The quantitative estimate of drug-likeness (QED) is 0.258. The molecule has 0 aliphatic heterocycles. The first-order valence-electron chi connectivity index (χ1n) is 6.85. The second-order valence-electron chi connectivity index (χ2n) is 6.26. The number of nitrogens with one attached hydrogen (secondary N) is 1. The van der Waals surface area contributed by atoms with Crippen molar-refractivity contribution in [3.05, 3.63) is 0 Å². The van der Waals surface area contributed by atoms with Crippen LogP contribution in [0, 0.1) is 17.3 Å². The molecular weight excluding hydrogens is 292 g/mol. The van der Waals surface area contributed by atoms with Gasteiger partial charge in [-0.1, -0.05) is 51.5 Å². The molecule has 0 rings (SSSR count). The largest absolute Gasteiger partial charge is 0.410 e. The van der Waals surface area contributed by atoms with Crippen molar-refractivity contribution in [1.82, 2.24) is 5.32 Å². The van der Waals surface area contributed by atoms with E-state index in [9.17, 15) is 10.0 Å². The van der Waals surface area contributed by atoms with E-state index in [-0.39, 0.29) is 15.9 Å². The maximum atomic E-state index is 12.1. The fraction of sp³-hybridized carbons (Fsp3) is 0.857. The third-order valence-corrected chi connectivity index (χ3v) is 5.59. The number of hydrogen-bond acceptors (Lipinski definition) is 5. The highest BCUT2D eigenvalue weighted by Gasteiger charge is 2.36. The summed E-state index contributed by atoms with van der Waals surface area (Å²) in [7, 11) is 1.61. The predicted octanol–water partition coefficient (Wildman–Crippen LogP) is 3.65. The number of thioether (sulfide) groups is 2. The fourth-order valence-corrected chi connectivity index (χ4v) is 4.15. The van der Waals surface area contributed by atoms with Crippen LogP contribution in [0.1, 0.15) is 41.5 Å². The highest BCUT2D eigenvalue weighted by Crippen LogP contribution is 2.35. The van der Waals surface area contributed by atoms with Gasteiger partial charge in [-0.25, -0.2) is 0 Å². The van der Waals surface area contributed by atoms with E-state index in [1.165, 1.54) is 11.8 Å². The summed E-state index contributed by atoms with van der Waals surface area (Å²) in [6, 6.07) is 0. The fourth-order valence-electron chi connectivity index (χ4n) is 1.70. The zero-order chi connectivity index (χ0) is 15.9. The van der Waals surface area contributed by atoms with Crippen molar-refractivity contribution < 1.29 is 10.0 Å². The van der Waals surface area contributed by atoms with Gasteiger partial charge in [0.25, 0.3) is 0 Å². The van der Waals surface area contributed by atoms with Gasteiger partial charge in [0.15, 0.2) is 0 Å². The molecule has 0 saturated carbocycles. The van der Waals surface area contributed by atoms with Crippen LogP contribution in [0.4, 0.5) is 0 Å². The third kappa shape index (κ3) is 6.88. The molecule has 0 saturated heterocycles. The van der Waals surface area contributed by atoms with E-state index in [1.54, 1.807) is 7.05 Å². The highest BCUT2D eigenvalue weighted by atomic mass is 32.2. The van der Waals surface area contributed by atoms with E-state index in [0.717, 1.165) is 5.75 Å². The van der Waals surface area contributed by atoms with Gasteiger partial charge in [-0.2, -0.15) is 0 Å². The summed E-state index contributed by atoms with van der Waals surface area (Å²) in [4.78, 5) is 12.1. The van der Waals surface area contributed by atoms with Gasteiger partial charge in [0, 0.05) is 7.05 Å². The Labute approximate surface area is 131 Å². The maximum absolute atomic E-state index is 12.1. The molecule has 118 valence electrons.